The maximum Gasteiger partial charge on any atom is 0.248 e. The van der Waals surface area contributed by atoms with Crippen LogP contribution < -0.4 is 5.73 Å². The molecule has 0 fully saturated rings. The molecule has 1 rings (SSSR count). The summed E-state index contributed by atoms with van der Waals surface area (Å²) in [5, 5.41) is 0. The van der Waals surface area contributed by atoms with Crippen molar-refractivity contribution in [2.75, 3.05) is 0 Å². The number of benzene rings is 1. The molecule has 0 spiro atoms. The van der Waals surface area contributed by atoms with E-state index in [9.17, 15) is 4.79 Å². The van der Waals surface area contributed by atoms with Crippen LogP contribution in [-0.2, 0) is 6.42 Å². The number of carbonyl (C=O) groups excluding carboxylic acids is 1. The summed E-state index contributed by atoms with van der Waals surface area (Å²) in [5.41, 5.74) is 8.08. The molecule has 1 aromatic rings. The van der Waals surface area contributed by atoms with Gasteiger partial charge in [-0.2, -0.15) is 0 Å². The van der Waals surface area contributed by atoms with Crippen molar-refractivity contribution in [1.29, 1.82) is 0 Å². The molecule has 2 heteroatoms. The van der Waals surface area contributed by atoms with E-state index in [-0.39, 0.29) is 5.91 Å². The molecule has 0 saturated carbocycles. The Morgan fingerprint density at radius 3 is 2.86 bits per heavy atom. The van der Waals surface area contributed by atoms with Crippen LogP contribution in [-0.4, -0.2) is 5.91 Å². The molecule has 0 saturated heterocycles. The van der Waals surface area contributed by atoms with E-state index in [1.807, 2.05) is 25.1 Å². The molecule has 74 valence electrons. The first kappa shape index (κ1) is 10.5. The topological polar surface area (TPSA) is 43.1 Å². The van der Waals surface area contributed by atoms with Crippen LogP contribution in [0.15, 0.2) is 30.9 Å². The number of amides is 1. The molecule has 2 nitrogen and oxygen atoms in total. The molecule has 0 aliphatic carbocycles. The van der Waals surface area contributed by atoms with Gasteiger partial charge in [0.1, 0.15) is 0 Å². The van der Waals surface area contributed by atoms with E-state index in [0.29, 0.717) is 5.56 Å². The SMILES string of the molecule is C=CCCc1c(C)cccc1C(N)=O. The number of primary amides is 1. The molecule has 0 aliphatic heterocycles. The lowest BCUT2D eigenvalue weighted by atomic mass is 9.97. The zero-order chi connectivity index (χ0) is 10.6. The lowest BCUT2D eigenvalue weighted by Gasteiger charge is -2.08. The van der Waals surface area contributed by atoms with Crippen LogP contribution in [0, 0.1) is 6.92 Å². The van der Waals surface area contributed by atoms with Gasteiger partial charge >= 0.3 is 0 Å². The molecule has 1 aromatic carbocycles. The van der Waals surface area contributed by atoms with Gasteiger partial charge in [0, 0.05) is 5.56 Å². The van der Waals surface area contributed by atoms with Crippen LogP contribution in [0.3, 0.4) is 0 Å². The molecule has 0 bridgehead atoms. The second-order valence-corrected chi connectivity index (χ2v) is 3.29. The van der Waals surface area contributed by atoms with E-state index in [1.165, 1.54) is 0 Å². The maximum absolute atomic E-state index is 11.1. The zero-order valence-electron chi connectivity index (χ0n) is 8.42. The number of allylic oxidation sites excluding steroid dienone is 1. The van der Waals surface area contributed by atoms with Gasteiger partial charge in [0.2, 0.25) is 5.91 Å². The second kappa shape index (κ2) is 4.61. The summed E-state index contributed by atoms with van der Waals surface area (Å²) in [6.45, 7) is 5.65. The Kier molecular flexibility index (Phi) is 3.46. The Morgan fingerprint density at radius 1 is 1.57 bits per heavy atom. The van der Waals surface area contributed by atoms with Crippen LogP contribution in [0.1, 0.15) is 27.9 Å². The van der Waals surface area contributed by atoms with Gasteiger partial charge in [0.25, 0.3) is 0 Å². The summed E-state index contributed by atoms with van der Waals surface area (Å²) in [6.07, 6.45) is 3.54. The van der Waals surface area contributed by atoms with Gasteiger partial charge in [-0.25, -0.2) is 0 Å². The zero-order valence-corrected chi connectivity index (χ0v) is 8.42. The molecule has 0 unspecified atom stereocenters. The van der Waals surface area contributed by atoms with Crippen LogP contribution >= 0.6 is 0 Å². The largest absolute Gasteiger partial charge is 0.366 e. The third kappa shape index (κ3) is 2.22. The van der Waals surface area contributed by atoms with E-state index >= 15 is 0 Å². The van der Waals surface area contributed by atoms with Gasteiger partial charge in [-0.05, 0) is 37.0 Å². The van der Waals surface area contributed by atoms with Gasteiger partial charge in [-0.15, -0.1) is 6.58 Å². The minimum atomic E-state index is -0.354. The van der Waals surface area contributed by atoms with Crippen LogP contribution in [0.25, 0.3) is 0 Å². The predicted molar refractivity (Wildman–Crippen MR) is 58.2 cm³/mol. The van der Waals surface area contributed by atoms with Crippen molar-refractivity contribution in [1.82, 2.24) is 0 Å². The molecular formula is C12H15NO. The first-order valence-corrected chi connectivity index (χ1v) is 4.66. The Morgan fingerprint density at radius 2 is 2.29 bits per heavy atom. The number of carbonyl (C=O) groups is 1. The Balaban J connectivity index is 3.08. The van der Waals surface area contributed by atoms with Gasteiger partial charge in [0.05, 0.1) is 0 Å². The molecule has 2 N–H and O–H groups in total. The monoisotopic (exact) mass is 189 g/mol. The number of rotatable bonds is 4. The average Bonchev–Trinajstić information content (AvgIpc) is 2.15. The van der Waals surface area contributed by atoms with E-state index in [2.05, 4.69) is 6.58 Å². The van der Waals surface area contributed by atoms with Crippen LogP contribution in [0.5, 0.6) is 0 Å². The Labute approximate surface area is 84.4 Å². The summed E-state index contributed by atoms with van der Waals surface area (Å²) >= 11 is 0. The lowest BCUT2D eigenvalue weighted by molar-refractivity contribution is 0.0999. The van der Waals surface area contributed by atoms with E-state index in [0.717, 1.165) is 24.0 Å². The highest BCUT2D eigenvalue weighted by molar-refractivity contribution is 5.94. The van der Waals surface area contributed by atoms with Crippen LogP contribution in [0.4, 0.5) is 0 Å². The van der Waals surface area contributed by atoms with Gasteiger partial charge < -0.3 is 5.73 Å². The van der Waals surface area contributed by atoms with Crippen molar-refractivity contribution in [3.8, 4) is 0 Å². The first-order chi connectivity index (χ1) is 6.66. The van der Waals surface area contributed by atoms with Crippen molar-refractivity contribution in [2.45, 2.75) is 19.8 Å². The highest BCUT2D eigenvalue weighted by Gasteiger charge is 2.08. The summed E-state index contributed by atoms with van der Waals surface area (Å²) in [5.74, 6) is -0.354. The quantitative estimate of drug-likeness (QED) is 0.725. The van der Waals surface area contributed by atoms with E-state index in [4.69, 9.17) is 5.73 Å². The third-order valence-electron chi connectivity index (χ3n) is 2.27. The van der Waals surface area contributed by atoms with Crippen molar-refractivity contribution in [2.24, 2.45) is 5.73 Å². The number of aryl methyl sites for hydroxylation is 1. The summed E-state index contributed by atoms with van der Waals surface area (Å²) in [6, 6.07) is 5.62. The van der Waals surface area contributed by atoms with Crippen molar-refractivity contribution in [3.05, 3.63) is 47.5 Å². The Bertz CT molecular complexity index is 355. The van der Waals surface area contributed by atoms with Gasteiger partial charge in [-0.3, -0.25) is 4.79 Å². The molecule has 0 aromatic heterocycles. The average molecular weight is 189 g/mol. The fraction of sp³-hybridized carbons (Fsp3) is 0.250. The van der Waals surface area contributed by atoms with Crippen molar-refractivity contribution < 1.29 is 4.79 Å². The predicted octanol–water partition coefficient (Wildman–Crippen LogP) is 2.21. The van der Waals surface area contributed by atoms with Crippen molar-refractivity contribution >= 4 is 5.91 Å². The standard InChI is InChI=1S/C12H15NO/c1-3-4-7-10-9(2)6-5-8-11(10)12(13)14/h3,5-6,8H,1,4,7H2,2H3,(H2,13,14). The Hall–Kier alpha value is -1.57. The third-order valence-corrected chi connectivity index (χ3v) is 2.27. The minimum Gasteiger partial charge on any atom is -0.366 e. The molecule has 0 heterocycles. The van der Waals surface area contributed by atoms with E-state index < -0.39 is 0 Å². The highest BCUT2D eigenvalue weighted by atomic mass is 16.1. The molecular weight excluding hydrogens is 174 g/mol. The lowest BCUT2D eigenvalue weighted by Crippen LogP contribution is -2.14. The normalized spacial score (nSPS) is 9.79. The van der Waals surface area contributed by atoms with Crippen molar-refractivity contribution in [3.63, 3.8) is 0 Å². The molecule has 0 atom stereocenters. The van der Waals surface area contributed by atoms with Gasteiger partial charge in [0.15, 0.2) is 0 Å². The molecule has 0 aliphatic rings. The fourth-order valence-electron chi connectivity index (χ4n) is 1.51. The minimum absolute atomic E-state index is 0.354. The summed E-state index contributed by atoms with van der Waals surface area (Å²) in [7, 11) is 0. The number of hydrogen-bond donors (Lipinski definition) is 1. The number of nitrogens with two attached hydrogens (primary N) is 1. The smallest absolute Gasteiger partial charge is 0.248 e. The summed E-state index contributed by atoms with van der Waals surface area (Å²) < 4.78 is 0. The van der Waals surface area contributed by atoms with Gasteiger partial charge in [-0.1, -0.05) is 18.2 Å². The fourth-order valence-corrected chi connectivity index (χ4v) is 1.51. The summed E-state index contributed by atoms with van der Waals surface area (Å²) in [4.78, 5) is 11.1. The highest BCUT2D eigenvalue weighted by Crippen LogP contribution is 2.15. The first-order valence-electron chi connectivity index (χ1n) is 4.66. The van der Waals surface area contributed by atoms with Crippen LogP contribution in [0.2, 0.25) is 0 Å². The second-order valence-electron chi connectivity index (χ2n) is 3.29. The maximum atomic E-state index is 11.1. The van der Waals surface area contributed by atoms with E-state index in [1.54, 1.807) is 6.07 Å². The molecule has 1 amide bonds. The number of hydrogen-bond acceptors (Lipinski definition) is 1. The molecule has 14 heavy (non-hydrogen) atoms. The molecule has 0 radical (unpaired) electrons.